The highest BCUT2D eigenvalue weighted by Crippen LogP contribution is 2.34. The summed E-state index contributed by atoms with van der Waals surface area (Å²) < 4.78 is 37.8. The normalized spacial score (nSPS) is 14.1. The van der Waals surface area contributed by atoms with Crippen LogP contribution in [0.5, 0.6) is 11.5 Å². The number of carbonyl (C=O) groups excluding carboxylic acids is 1. The molecule has 1 aliphatic heterocycles. The number of fused-ring (bicyclic) bond motifs is 1. The van der Waals surface area contributed by atoms with Crippen molar-refractivity contribution in [3.63, 3.8) is 0 Å². The van der Waals surface area contributed by atoms with Gasteiger partial charge in [-0.15, -0.1) is 11.8 Å². The Balaban J connectivity index is 1.66. The van der Waals surface area contributed by atoms with E-state index in [-0.39, 0.29) is 28.5 Å². The SMILES string of the molecule is CC(C)[C@@H](NC(=O)CSc1ccc(F)cc1F)c1ccc2c(c1)OCCO2. The van der Waals surface area contributed by atoms with Crippen molar-refractivity contribution in [2.75, 3.05) is 19.0 Å². The lowest BCUT2D eigenvalue weighted by Gasteiger charge is -2.25. The summed E-state index contributed by atoms with van der Waals surface area (Å²) in [7, 11) is 0. The minimum absolute atomic E-state index is 0.0380. The third-order valence-corrected chi connectivity index (χ3v) is 5.21. The molecule has 1 heterocycles. The molecule has 27 heavy (non-hydrogen) atoms. The van der Waals surface area contributed by atoms with Gasteiger partial charge in [0.15, 0.2) is 11.5 Å². The summed E-state index contributed by atoms with van der Waals surface area (Å²) in [4.78, 5) is 12.6. The van der Waals surface area contributed by atoms with Crippen LogP contribution < -0.4 is 14.8 Å². The Morgan fingerprint density at radius 1 is 1.11 bits per heavy atom. The van der Waals surface area contributed by atoms with Crippen molar-refractivity contribution in [1.29, 1.82) is 0 Å². The zero-order valence-electron chi connectivity index (χ0n) is 15.1. The van der Waals surface area contributed by atoms with Crippen molar-refractivity contribution >= 4 is 17.7 Å². The van der Waals surface area contributed by atoms with Crippen molar-refractivity contribution in [3.8, 4) is 11.5 Å². The van der Waals surface area contributed by atoms with Gasteiger partial charge < -0.3 is 14.8 Å². The van der Waals surface area contributed by atoms with Gasteiger partial charge >= 0.3 is 0 Å². The molecule has 1 N–H and O–H groups in total. The summed E-state index contributed by atoms with van der Waals surface area (Å²) in [6.45, 7) is 5.03. The summed E-state index contributed by atoms with van der Waals surface area (Å²) in [6.07, 6.45) is 0. The number of hydrogen-bond donors (Lipinski definition) is 1. The Morgan fingerprint density at radius 2 is 1.85 bits per heavy atom. The number of ether oxygens (including phenoxy) is 2. The molecule has 0 aromatic heterocycles. The van der Waals surface area contributed by atoms with Gasteiger partial charge in [-0.25, -0.2) is 8.78 Å². The Morgan fingerprint density at radius 3 is 2.56 bits per heavy atom. The Bertz CT molecular complexity index is 829. The Kier molecular flexibility index (Phi) is 6.21. The third-order valence-electron chi connectivity index (χ3n) is 4.16. The van der Waals surface area contributed by atoms with Crippen molar-refractivity contribution in [3.05, 3.63) is 53.6 Å². The highest BCUT2D eigenvalue weighted by Gasteiger charge is 2.21. The summed E-state index contributed by atoms with van der Waals surface area (Å²) >= 11 is 1.04. The quantitative estimate of drug-likeness (QED) is 0.742. The zero-order valence-corrected chi connectivity index (χ0v) is 15.9. The first-order valence-corrected chi connectivity index (χ1v) is 9.69. The number of halogens is 2. The molecule has 0 aliphatic carbocycles. The Labute approximate surface area is 161 Å². The van der Waals surface area contributed by atoms with Crippen LogP contribution in [0.4, 0.5) is 8.78 Å². The molecule has 0 radical (unpaired) electrons. The lowest BCUT2D eigenvalue weighted by Crippen LogP contribution is -2.33. The first-order valence-electron chi connectivity index (χ1n) is 8.71. The minimum atomic E-state index is -0.667. The predicted octanol–water partition coefficient (Wildman–Crippen LogP) is 4.34. The van der Waals surface area contributed by atoms with Gasteiger partial charge in [-0.1, -0.05) is 19.9 Å². The van der Waals surface area contributed by atoms with E-state index in [0.29, 0.717) is 24.7 Å². The van der Waals surface area contributed by atoms with Gasteiger partial charge in [-0.05, 0) is 35.7 Å². The second-order valence-electron chi connectivity index (χ2n) is 6.56. The number of carbonyl (C=O) groups is 1. The van der Waals surface area contributed by atoms with Crippen molar-refractivity contribution < 1.29 is 23.0 Å². The smallest absolute Gasteiger partial charge is 0.230 e. The largest absolute Gasteiger partial charge is 0.486 e. The van der Waals surface area contributed by atoms with Gasteiger partial charge in [-0.3, -0.25) is 4.79 Å². The lowest BCUT2D eigenvalue weighted by molar-refractivity contribution is -0.119. The van der Waals surface area contributed by atoms with Crippen LogP contribution in [-0.2, 0) is 4.79 Å². The molecule has 0 spiro atoms. The van der Waals surface area contributed by atoms with E-state index < -0.39 is 11.6 Å². The highest BCUT2D eigenvalue weighted by molar-refractivity contribution is 8.00. The molecule has 7 heteroatoms. The molecule has 1 amide bonds. The number of benzene rings is 2. The second-order valence-corrected chi connectivity index (χ2v) is 7.57. The molecule has 2 aromatic carbocycles. The predicted molar refractivity (Wildman–Crippen MR) is 100 cm³/mol. The molecule has 1 atom stereocenters. The number of thioether (sulfide) groups is 1. The van der Waals surface area contributed by atoms with Crippen LogP contribution in [0.2, 0.25) is 0 Å². The highest BCUT2D eigenvalue weighted by atomic mass is 32.2. The van der Waals surface area contributed by atoms with Crippen LogP contribution in [0.15, 0.2) is 41.3 Å². The molecule has 2 aromatic rings. The van der Waals surface area contributed by atoms with Crippen LogP contribution in [0.1, 0.15) is 25.5 Å². The van der Waals surface area contributed by atoms with Crippen LogP contribution >= 0.6 is 11.8 Å². The first-order chi connectivity index (χ1) is 12.9. The van der Waals surface area contributed by atoms with Gasteiger partial charge in [0.05, 0.1) is 11.8 Å². The fourth-order valence-corrected chi connectivity index (χ4v) is 3.57. The average molecular weight is 393 g/mol. The molecule has 3 rings (SSSR count). The maximum Gasteiger partial charge on any atom is 0.230 e. The summed E-state index contributed by atoms with van der Waals surface area (Å²) in [5.74, 6) is 0.0137. The summed E-state index contributed by atoms with van der Waals surface area (Å²) in [5.41, 5.74) is 0.917. The fraction of sp³-hybridized carbons (Fsp3) is 0.350. The van der Waals surface area contributed by atoms with Crippen molar-refractivity contribution in [2.45, 2.75) is 24.8 Å². The van der Waals surface area contributed by atoms with Gasteiger partial charge in [-0.2, -0.15) is 0 Å². The number of rotatable bonds is 6. The van der Waals surface area contributed by atoms with E-state index in [1.807, 2.05) is 32.0 Å². The molecule has 0 saturated carbocycles. The number of hydrogen-bond acceptors (Lipinski definition) is 4. The van der Waals surface area contributed by atoms with E-state index in [1.165, 1.54) is 12.1 Å². The molecule has 144 valence electrons. The van der Waals surface area contributed by atoms with Gasteiger partial charge in [0.2, 0.25) is 5.91 Å². The molecule has 0 unspecified atom stereocenters. The van der Waals surface area contributed by atoms with Crippen LogP contribution in [0, 0.1) is 17.6 Å². The standard InChI is InChI=1S/C20H21F2NO3S/c1-12(2)20(13-3-5-16-17(9-13)26-8-7-25-16)23-19(24)11-27-18-6-4-14(21)10-15(18)22/h3-6,9-10,12,20H,7-8,11H2,1-2H3,(H,23,24)/t20-/m1/s1. The summed E-state index contributed by atoms with van der Waals surface area (Å²) in [6, 6.07) is 8.74. The van der Waals surface area contributed by atoms with E-state index >= 15 is 0 Å². The zero-order chi connectivity index (χ0) is 19.4. The lowest BCUT2D eigenvalue weighted by atomic mass is 9.95. The topological polar surface area (TPSA) is 47.6 Å². The van der Waals surface area contributed by atoms with Crippen LogP contribution in [0.25, 0.3) is 0 Å². The van der Waals surface area contributed by atoms with Crippen LogP contribution in [0.3, 0.4) is 0 Å². The van der Waals surface area contributed by atoms with Gasteiger partial charge in [0.25, 0.3) is 0 Å². The Hall–Kier alpha value is -2.28. The van der Waals surface area contributed by atoms with Crippen molar-refractivity contribution in [1.82, 2.24) is 5.32 Å². The minimum Gasteiger partial charge on any atom is -0.486 e. The van der Waals surface area contributed by atoms with Crippen LogP contribution in [-0.4, -0.2) is 24.9 Å². The molecule has 4 nitrogen and oxygen atoms in total. The van der Waals surface area contributed by atoms with Crippen molar-refractivity contribution in [2.24, 2.45) is 5.92 Å². The number of nitrogens with one attached hydrogen (secondary N) is 1. The fourth-order valence-electron chi connectivity index (χ4n) is 2.84. The maximum atomic E-state index is 13.7. The molecular formula is C20H21F2NO3S. The second kappa shape index (κ2) is 8.61. The maximum absolute atomic E-state index is 13.7. The molecule has 0 fully saturated rings. The van der Waals surface area contributed by atoms with E-state index in [1.54, 1.807) is 0 Å². The number of amides is 1. The molecule has 1 aliphatic rings. The molecule has 0 saturated heterocycles. The van der Waals surface area contributed by atoms with Gasteiger partial charge in [0.1, 0.15) is 24.8 Å². The molecule has 0 bridgehead atoms. The average Bonchev–Trinajstić information content (AvgIpc) is 2.65. The van der Waals surface area contributed by atoms with E-state index in [9.17, 15) is 13.6 Å². The van der Waals surface area contributed by atoms with E-state index in [0.717, 1.165) is 23.4 Å². The van der Waals surface area contributed by atoms with E-state index in [4.69, 9.17) is 9.47 Å². The third kappa shape index (κ3) is 4.91. The molecular weight excluding hydrogens is 372 g/mol. The van der Waals surface area contributed by atoms with Gasteiger partial charge in [0, 0.05) is 11.0 Å². The summed E-state index contributed by atoms with van der Waals surface area (Å²) in [5, 5.41) is 2.99. The van der Waals surface area contributed by atoms with E-state index in [2.05, 4.69) is 5.32 Å². The monoisotopic (exact) mass is 393 g/mol. The first kappa shape index (κ1) is 19.5.